The average Bonchev–Trinajstić information content (AvgIpc) is 3.04. The number of nitrogens with one attached hydrogen (secondary N) is 1. The van der Waals surface area contributed by atoms with Gasteiger partial charge in [0.15, 0.2) is 5.78 Å². The van der Waals surface area contributed by atoms with E-state index in [2.05, 4.69) is 35.0 Å². The summed E-state index contributed by atoms with van der Waals surface area (Å²) < 4.78 is 0. The number of aromatic nitrogens is 2. The standard InChI is InChI=1S/C19H24ClN3O/c1-13(2)18-10-17(21-22-18)12-23-9-3-4-15(11-23)19(24)14-5-7-16(20)8-6-14/h5-8,10,13,15H,3-4,9,11-12H2,1-2H3,(H,21,22). The lowest BCUT2D eigenvalue weighted by molar-refractivity contribution is 0.0810. The van der Waals surface area contributed by atoms with Gasteiger partial charge in [-0.05, 0) is 55.6 Å². The van der Waals surface area contributed by atoms with Crippen LogP contribution in [0.25, 0.3) is 0 Å². The molecule has 1 unspecified atom stereocenters. The van der Waals surface area contributed by atoms with Crippen molar-refractivity contribution in [2.75, 3.05) is 13.1 Å². The fraction of sp³-hybridized carbons (Fsp3) is 0.474. The maximum Gasteiger partial charge on any atom is 0.167 e. The number of hydrogen-bond donors (Lipinski definition) is 1. The molecule has 1 atom stereocenters. The number of hydrogen-bond acceptors (Lipinski definition) is 3. The van der Waals surface area contributed by atoms with Gasteiger partial charge in [-0.25, -0.2) is 0 Å². The lowest BCUT2D eigenvalue weighted by Gasteiger charge is -2.31. The fourth-order valence-electron chi connectivity index (χ4n) is 3.26. The summed E-state index contributed by atoms with van der Waals surface area (Å²) in [5.74, 6) is 0.715. The summed E-state index contributed by atoms with van der Waals surface area (Å²) >= 11 is 5.91. The number of likely N-dealkylation sites (tertiary alicyclic amines) is 1. The van der Waals surface area contributed by atoms with E-state index in [4.69, 9.17) is 11.6 Å². The molecule has 1 fully saturated rings. The van der Waals surface area contributed by atoms with E-state index >= 15 is 0 Å². The normalized spacial score (nSPS) is 18.9. The molecule has 5 heteroatoms. The monoisotopic (exact) mass is 345 g/mol. The van der Waals surface area contributed by atoms with Gasteiger partial charge in [0.05, 0.1) is 5.69 Å². The van der Waals surface area contributed by atoms with Gasteiger partial charge in [0.2, 0.25) is 0 Å². The number of aromatic amines is 1. The third-order valence-corrected chi connectivity index (χ3v) is 4.89. The molecule has 0 saturated carbocycles. The second-order valence-corrected chi connectivity index (χ2v) is 7.35. The highest BCUT2D eigenvalue weighted by Crippen LogP contribution is 2.23. The van der Waals surface area contributed by atoms with Crippen LogP contribution in [0, 0.1) is 5.92 Å². The van der Waals surface area contributed by atoms with Gasteiger partial charge in [-0.15, -0.1) is 0 Å². The van der Waals surface area contributed by atoms with E-state index in [0.717, 1.165) is 49.4 Å². The second kappa shape index (κ2) is 7.49. The molecule has 0 bridgehead atoms. The third-order valence-electron chi connectivity index (χ3n) is 4.64. The summed E-state index contributed by atoms with van der Waals surface area (Å²) in [5.41, 5.74) is 2.98. The maximum atomic E-state index is 12.7. The number of H-pyrrole nitrogens is 1. The summed E-state index contributed by atoms with van der Waals surface area (Å²) in [5, 5.41) is 8.15. The minimum Gasteiger partial charge on any atom is -0.297 e. The third kappa shape index (κ3) is 4.05. The Hall–Kier alpha value is -1.65. The van der Waals surface area contributed by atoms with Crippen LogP contribution in [-0.2, 0) is 6.54 Å². The van der Waals surface area contributed by atoms with Crippen molar-refractivity contribution in [2.45, 2.75) is 39.2 Å². The zero-order valence-corrected chi connectivity index (χ0v) is 15.0. The minimum absolute atomic E-state index is 0.0624. The number of ketones is 1. The smallest absolute Gasteiger partial charge is 0.167 e. The molecule has 0 radical (unpaired) electrons. The van der Waals surface area contributed by atoms with Gasteiger partial charge in [-0.3, -0.25) is 14.8 Å². The zero-order valence-electron chi connectivity index (χ0n) is 14.3. The van der Waals surface area contributed by atoms with Crippen LogP contribution < -0.4 is 0 Å². The van der Waals surface area contributed by atoms with Gasteiger partial charge in [0.1, 0.15) is 0 Å². The van der Waals surface area contributed by atoms with Crippen molar-refractivity contribution in [3.8, 4) is 0 Å². The van der Waals surface area contributed by atoms with E-state index in [1.807, 2.05) is 12.1 Å². The van der Waals surface area contributed by atoms with E-state index in [-0.39, 0.29) is 11.7 Å². The first-order chi connectivity index (χ1) is 11.5. The molecule has 128 valence electrons. The molecule has 2 aromatic rings. The van der Waals surface area contributed by atoms with Crippen LogP contribution in [0.15, 0.2) is 30.3 Å². The van der Waals surface area contributed by atoms with Crippen LogP contribution in [0.4, 0.5) is 0 Å². The first-order valence-electron chi connectivity index (χ1n) is 8.59. The van der Waals surface area contributed by atoms with E-state index < -0.39 is 0 Å². The Kier molecular flexibility index (Phi) is 5.36. The van der Waals surface area contributed by atoms with Crippen molar-refractivity contribution in [3.05, 3.63) is 52.3 Å². The molecule has 4 nitrogen and oxygen atoms in total. The van der Waals surface area contributed by atoms with Gasteiger partial charge in [0.25, 0.3) is 0 Å². The minimum atomic E-state index is 0.0624. The molecule has 3 rings (SSSR count). The number of carbonyl (C=O) groups is 1. The summed E-state index contributed by atoms with van der Waals surface area (Å²) in [6.07, 6.45) is 2.01. The lowest BCUT2D eigenvalue weighted by atomic mass is 9.90. The Bertz CT molecular complexity index is 693. The van der Waals surface area contributed by atoms with Gasteiger partial charge in [-0.1, -0.05) is 25.4 Å². The quantitative estimate of drug-likeness (QED) is 0.823. The van der Waals surface area contributed by atoms with E-state index in [9.17, 15) is 4.79 Å². The van der Waals surface area contributed by atoms with Crippen LogP contribution in [0.3, 0.4) is 0 Å². The number of rotatable bonds is 5. The van der Waals surface area contributed by atoms with Gasteiger partial charge >= 0.3 is 0 Å². The van der Waals surface area contributed by atoms with Gasteiger partial charge < -0.3 is 0 Å². The van der Waals surface area contributed by atoms with E-state index in [1.165, 1.54) is 0 Å². The van der Waals surface area contributed by atoms with Crippen molar-refractivity contribution in [1.82, 2.24) is 15.1 Å². The SMILES string of the molecule is CC(C)c1cc(CN2CCCC(C(=O)c3ccc(Cl)cc3)C2)[nH]n1. The Morgan fingerprint density at radius 3 is 2.79 bits per heavy atom. The Morgan fingerprint density at radius 2 is 2.12 bits per heavy atom. The van der Waals surface area contributed by atoms with Gasteiger partial charge in [0, 0.05) is 35.3 Å². The van der Waals surface area contributed by atoms with Crippen molar-refractivity contribution in [2.24, 2.45) is 5.92 Å². The van der Waals surface area contributed by atoms with Crippen LogP contribution in [0.1, 0.15) is 54.4 Å². The maximum absolute atomic E-state index is 12.7. The molecule has 0 aliphatic carbocycles. The first-order valence-corrected chi connectivity index (χ1v) is 8.97. The average molecular weight is 346 g/mol. The van der Waals surface area contributed by atoms with Crippen molar-refractivity contribution < 1.29 is 4.79 Å². The number of piperidine rings is 1. The highest BCUT2D eigenvalue weighted by Gasteiger charge is 2.26. The van der Waals surface area contributed by atoms with Crippen molar-refractivity contribution in [3.63, 3.8) is 0 Å². The summed E-state index contributed by atoms with van der Waals surface area (Å²) in [7, 11) is 0. The number of Topliss-reactive ketones (excluding diaryl/α,β-unsaturated/α-hetero) is 1. The molecule has 24 heavy (non-hydrogen) atoms. The molecule has 1 aliphatic heterocycles. The van der Waals surface area contributed by atoms with E-state index in [1.54, 1.807) is 12.1 Å². The van der Waals surface area contributed by atoms with Crippen LogP contribution in [-0.4, -0.2) is 34.0 Å². The number of nitrogens with zero attached hydrogens (tertiary/aromatic N) is 2. The molecule has 1 N–H and O–H groups in total. The highest BCUT2D eigenvalue weighted by atomic mass is 35.5. The molecule has 0 amide bonds. The highest BCUT2D eigenvalue weighted by molar-refractivity contribution is 6.30. The first kappa shape index (κ1) is 17.2. The molecular weight excluding hydrogens is 322 g/mol. The Labute approximate surface area is 148 Å². The fourth-order valence-corrected chi connectivity index (χ4v) is 3.39. The molecule has 1 aromatic heterocycles. The number of benzene rings is 1. The molecule has 1 aliphatic rings. The largest absolute Gasteiger partial charge is 0.297 e. The van der Waals surface area contributed by atoms with Crippen molar-refractivity contribution in [1.29, 1.82) is 0 Å². The van der Waals surface area contributed by atoms with Crippen molar-refractivity contribution >= 4 is 17.4 Å². The van der Waals surface area contributed by atoms with Crippen LogP contribution >= 0.6 is 11.6 Å². The van der Waals surface area contributed by atoms with E-state index in [0.29, 0.717) is 10.9 Å². The number of halogens is 1. The van der Waals surface area contributed by atoms with Crippen LogP contribution in [0.5, 0.6) is 0 Å². The summed E-state index contributed by atoms with van der Waals surface area (Å²) in [6.45, 7) is 6.94. The molecular formula is C19H24ClN3O. The van der Waals surface area contributed by atoms with Gasteiger partial charge in [-0.2, -0.15) is 5.10 Å². The molecule has 1 saturated heterocycles. The molecule has 0 spiro atoms. The molecule has 1 aromatic carbocycles. The Morgan fingerprint density at radius 1 is 1.38 bits per heavy atom. The number of carbonyl (C=O) groups excluding carboxylic acids is 1. The van der Waals surface area contributed by atoms with Crippen LogP contribution in [0.2, 0.25) is 5.02 Å². The molecule has 2 heterocycles. The zero-order chi connectivity index (χ0) is 17.1. The topological polar surface area (TPSA) is 49.0 Å². The Balaban J connectivity index is 1.63. The second-order valence-electron chi connectivity index (χ2n) is 6.92. The predicted octanol–water partition coefficient (Wildman–Crippen LogP) is 4.28. The lowest BCUT2D eigenvalue weighted by Crippen LogP contribution is -2.38. The predicted molar refractivity (Wildman–Crippen MR) is 96.5 cm³/mol. The summed E-state index contributed by atoms with van der Waals surface area (Å²) in [6, 6.07) is 9.36. The summed E-state index contributed by atoms with van der Waals surface area (Å²) in [4.78, 5) is 15.1.